The molecule has 100 valence electrons. The van der Waals surface area contributed by atoms with E-state index in [1.165, 1.54) is 26.2 Å². The highest BCUT2D eigenvalue weighted by atomic mass is 32.2. The van der Waals surface area contributed by atoms with E-state index >= 15 is 0 Å². The summed E-state index contributed by atoms with van der Waals surface area (Å²) < 4.78 is 43.3. The first-order valence-corrected chi connectivity index (χ1v) is 6.68. The largest absolute Gasteiger partial charge is 0.469 e. The first kappa shape index (κ1) is 14.6. The number of benzene rings is 1. The quantitative estimate of drug-likeness (QED) is 0.813. The van der Waals surface area contributed by atoms with E-state index in [2.05, 4.69) is 9.46 Å². The standard InChI is InChI=1S/C11H14FNO4S/c1-8-3-4-9(7-10(8)12)18(15,16)13-6-5-11(14)17-2/h3-4,7,13H,5-6H2,1-2H3. The first-order valence-electron chi connectivity index (χ1n) is 5.19. The predicted molar refractivity (Wildman–Crippen MR) is 63.0 cm³/mol. The van der Waals surface area contributed by atoms with E-state index in [-0.39, 0.29) is 17.9 Å². The van der Waals surface area contributed by atoms with Crippen LogP contribution in [0.15, 0.2) is 23.1 Å². The summed E-state index contributed by atoms with van der Waals surface area (Å²) in [5.41, 5.74) is 0.364. The monoisotopic (exact) mass is 275 g/mol. The summed E-state index contributed by atoms with van der Waals surface area (Å²) in [5.74, 6) is -1.11. The summed E-state index contributed by atoms with van der Waals surface area (Å²) in [7, 11) is -2.59. The number of nitrogens with one attached hydrogen (secondary N) is 1. The van der Waals surface area contributed by atoms with Crippen LogP contribution >= 0.6 is 0 Å². The zero-order valence-electron chi connectivity index (χ0n) is 10.1. The van der Waals surface area contributed by atoms with Crippen molar-refractivity contribution in [3.63, 3.8) is 0 Å². The topological polar surface area (TPSA) is 72.5 Å². The highest BCUT2D eigenvalue weighted by Crippen LogP contribution is 2.13. The van der Waals surface area contributed by atoms with Gasteiger partial charge in [0.25, 0.3) is 0 Å². The number of aryl methyl sites for hydroxylation is 1. The van der Waals surface area contributed by atoms with Crippen molar-refractivity contribution in [2.45, 2.75) is 18.2 Å². The van der Waals surface area contributed by atoms with Crippen molar-refractivity contribution in [1.82, 2.24) is 4.72 Å². The number of esters is 1. The molecule has 5 nitrogen and oxygen atoms in total. The van der Waals surface area contributed by atoms with Crippen molar-refractivity contribution in [2.75, 3.05) is 13.7 Å². The molecule has 0 fully saturated rings. The van der Waals surface area contributed by atoms with Crippen LogP contribution in [0.2, 0.25) is 0 Å². The molecule has 18 heavy (non-hydrogen) atoms. The Hall–Kier alpha value is -1.47. The zero-order valence-corrected chi connectivity index (χ0v) is 10.9. The molecular weight excluding hydrogens is 261 g/mol. The minimum atomic E-state index is -3.80. The Morgan fingerprint density at radius 1 is 1.44 bits per heavy atom. The average molecular weight is 275 g/mol. The molecule has 0 aliphatic carbocycles. The van der Waals surface area contributed by atoms with Crippen LogP contribution in [0.4, 0.5) is 4.39 Å². The van der Waals surface area contributed by atoms with Crippen LogP contribution in [0.3, 0.4) is 0 Å². The van der Waals surface area contributed by atoms with Gasteiger partial charge in [-0.2, -0.15) is 0 Å². The molecular formula is C11H14FNO4S. The van der Waals surface area contributed by atoms with E-state index in [4.69, 9.17) is 0 Å². The molecule has 1 rings (SSSR count). The number of carbonyl (C=O) groups is 1. The summed E-state index contributed by atoms with van der Waals surface area (Å²) in [5, 5.41) is 0. The normalized spacial score (nSPS) is 11.3. The third-order valence-corrected chi connectivity index (χ3v) is 3.76. The zero-order chi connectivity index (χ0) is 13.8. The predicted octanol–water partition coefficient (Wildman–Crippen LogP) is 0.976. The number of hydrogen-bond acceptors (Lipinski definition) is 4. The van der Waals surface area contributed by atoms with Crippen molar-refractivity contribution in [2.24, 2.45) is 0 Å². The van der Waals surface area contributed by atoms with Gasteiger partial charge in [0.05, 0.1) is 18.4 Å². The maximum Gasteiger partial charge on any atom is 0.306 e. The maximum absolute atomic E-state index is 13.2. The maximum atomic E-state index is 13.2. The molecule has 1 N–H and O–H groups in total. The molecule has 0 radical (unpaired) electrons. The molecule has 7 heteroatoms. The number of sulfonamides is 1. The van der Waals surface area contributed by atoms with Gasteiger partial charge < -0.3 is 4.74 Å². The molecule has 1 aromatic rings. The van der Waals surface area contributed by atoms with Gasteiger partial charge in [0.15, 0.2) is 0 Å². The average Bonchev–Trinajstić information content (AvgIpc) is 2.32. The van der Waals surface area contributed by atoms with Gasteiger partial charge in [0, 0.05) is 6.54 Å². The highest BCUT2D eigenvalue weighted by Gasteiger charge is 2.15. The summed E-state index contributed by atoms with van der Waals surface area (Å²) in [6.45, 7) is 1.45. The number of hydrogen-bond donors (Lipinski definition) is 1. The van der Waals surface area contributed by atoms with Crippen LogP contribution in [0.5, 0.6) is 0 Å². The van der Waals surface area contributed by atoms with Gasteiger partial charge in [-0.15, -0.1) is 0 Å². The van der Waals surface area contributed by atoms with Crippen molar-refractivity contribution < 1.29 is 22.3 Å². The summed E-state index contributed by atoms with van der Waals surface area (Å²) in [6, 6.07) is 3.62. The minimum absolute atomic E-state index is 0.0793. The van der Waals surface area contributed by atoms with E-state index in [0.29, 0.717) is 5.56 Å². The number of methoxy groups -OCH3 is 1. The Balaban J connectivity index is 2.74. The molecule has 0 spiro atoms. The molecule has 0 amide bonds. The third-order valence-electron chi connectivity index (χ3n) is 2.30. The molecule has 1 aromatic carbocycles. The number of rotatable bonds is 5. The molecule has 0 aliphatic heterocycles. The van der Waals surface area contributed by atoms with Gasteiger partial charge in [0.2, 0.25) is 10.0 Å². The fourth-order valence-corrected chi connectivity index (χ4v) is 2.26. The second-order valence-corrected chi connectivity index (χ2v) is 5.40. The van der Waals surface area contributed by atoms with E-state index in [1.807, 2.05) is 0 Å². The summed E-state index contributed by atoms with van der Waals surface area (Å²) in [4.78, 5) is 10.6. The first-order chi connectivity index (χ1) is 8.36. The number of carbonyl (C=O) groups excluding carboxylic acids is 1. The fourth-order valence-electron chi connectivity index (χ4n) is 1.21. The lowest BCUT2D eigenvalue weighted by Gasteiger charge is -2.07. The lowest BCUT2D eigenvalue weighted by molar-refractivity contribution is -0.140. The van der Waals surface area contributed by atoms with E-state index in [0.717, 1.165) is 6.07 Å². The van der Waals surface area contributed by atoms with Gasteiger partial charge >= 0.3 is 5.97 Å². The summed E-state index contributed by atoms with van der Waals surface area (Å²) >= 11 is 0. The Morgan fingerprint density at radius 2 is 2.11 bits per heavy atom. The van der Waals surface area contributed by atoms with Crippen LogP contribution in [0.1, 0.15) is 12.0 Å². The Bertz CT molecular complexity index is 542. The lowest BCUT2D eigenvalue weighted by atomic mass is 10.2. The van der Waals surface area contributed by atoms with Gasteiger partial charge in [-0.05, 0) is 24.6 Å². The van der Waals surface area contributed by atoms with Crippen LogP contribution < -0.4 is 4.72 Å². The van der Waals surface area contributed by atoms with Crippen LogP contribution in [-0.2, 0) is 19.6 Å². The number of halogens is 1. The van der Waals surface area contributed by atoms with Crippen LogP contribution in [0, 0.1) is 12.7 Å². The molecule has 0 saturated heterocycles. The highest BCUT2D eigenvalue weighted by molar-refractivity contribution is 7.89. The van der Waals surface area contributed by atoms with E-state index < -0.39 is 21.8 Å². The van der Waals surface area contributed by atoms with Crippen molar-refractivity contribution in [1.29, 1.82) is 0 Å². The molecule has 0 bridgehead atoms. The molecule has 0 unspecified atom stereocenters. The minimum Gasteiger partial charge on any atom is -0.469 e. The van der Waals surface area contributed by atoms with Gasteiger partial charge in [-0.1, -0.05) is 6.07 Å². The lowest BCUT2D eigenvalue weighted by Crippen LogP contribution is -2.26. The Morgan fingerprint density at radius 3 is 2.67 bits per heavy atom. The van der Waals surface area contributed by atoms with Gasteiger partial charge in [-0.3, -0.25) is 4.79 Å². The smallest absolute Gasteiger partial charge is 0.306 e. The van der Waals surface area contributed by atoms with Crippen molar-refractivity contribution in [3.05, 3.63) is 29.6 Å². The van der Waals surface area contributed by atoms with Gasteiger partial charge in [0.1, 0.15) is 5.82 Å². The third kappa shape index (κ3) is 3.78. The number of ether oxygens (including phenoxy) is 1. The van der Waals surface area contributed by atoms with Crippen LogP contribution in [0.25, 0.3) is 0 Å². The van der Waals surface area contributed by atoms with E-state index in [9.17, 15) is 17.6 Å². The fraction of sp³-hybridized carbons (Fsp3) is 0.364. The SMILES string of the molecule is COC(=O)CCNS(=O)(=O)c1ccc(C)c(F)c1. The van der Waals surface area contributed by atoms with Crippen LogP contribution in [-0.4, -0.2) is 28.0 Å². The molecule has 0 heterocycles. The van der Waals surface area contributed by atoms with Crippen molar-refractivity contribution in [3.8, 4) is 0 Å². The summed E-state index contributed by atoms with van der Waals surface area (Å²) in [6.07, 6.45) is -0.0793. The molecule has 0 aliphatic rings. The van der Waals surface area contributed by atoms with Crippen molar-refractivity contribution >= 4 is 16.0 Å². The van der Waals surface area contributed by atoms with E-state index in [1.54, 1.807) is 0 Å². The molecule has 0 saturated carbocycles. The Labute approximate surface area is 105 Å². The Kier molecular flexibility index (Phi) is 4.80. The molecule has 0 aromatic heterocycles. The van der Waals surface area contributed by atoms with Gasteiger partial charge in [-0.25, -0.2) is 17.5 Å². The second-order valence-electron chi connectivity index (χ2n) is 3.63. The second kappa shape index (κ2) is 5.92. The molecule has 0 atom stereocenters.